The molecular formula is C20H16N2O3S2. The molecule has 1 aromatic heterocycles. The van der Waals surface area contributed by atoms with Crippen molar-refractivity contribution in [3.05, 3.63) is 59.0 Å². The van der Waals surface area contributed by atoms with Gasteiger partial charge in [0.1, 0.15) is 11.8 Å². The molecule has 136 valence electrons. The van der Waals surface area contributed by atoms with Crippen molar-refractivity contribution < 1.29 is 14.3 Å². The van der Waals surface area contributed by atoms with Crippen LogP contribution in [0.15, 0.2) is 57.8 Å². The Morgan fingerprint density at radius 1 is 1.26 bits per heavy atom. The molecule has 0 N–H and O–H groups in total. The van der Waals surface area contributed by atoms with Gasteiger partial charge in [-0.3, -0.25) is 0 Å². The average molecular weight is 396 g/mol. The van der Waals surface area contributed by atoms with Gasteiger partial charge in [-0.25, -0.2) is 9.78 Å². The van der Waals surface area contributed by atoms with Crippen molar-refractivity contribution in [2.24, 2.45) is 0 Å². The Morgan fingerprint density at radius 2 is 2.04 bits per heavy atom. The number of thioether (sulfide) groups is 1. The van der Waals surface area contributed by atoms with Crippen LogP contribution in [0.2, 0.25) is 0 Å². The van der Waals surface area contributed by atoms with Crippen molar-refractivity contribution in [2.75, 3.05) is 13.2 Å². The van der Waals surface area contributed by atoms with Crippen molar-refractivity contribution in [3.63, 3.8) is 0 Å². The molecule has 0 radical (unpaired) electrons. The topological polar surface area (TPSA) is 72.2 Å². The normalized spacial score (nSPS) is 11.2. The minimum atomic E-state index is -0.402. The zero-order chi connectivity index (χ0) is 19.1. The van der Waals surface area contributed by atoms with Gasteiger partial charge in [0.25, 0.3) is 0 Å². The Bertz CT molecular complexity index is 971. The second kappa shape index (κ2) is 9.21. The first-order valence-electron chi connectivity index (χ1n) is 8.21. The predicted molar refractivity (Wildman–Crippen MR) is 108 cm³/mol. The van der Waals surface area contributed by atoms with E-state index < -0.39 is 5.97 Å². The van der Waals surface area contributed by atoms with E-state index >= 15 is 0 Å². The van der Waals surface area contributed by atoms with Crippen LogP contribution in [-0.4, -0.2) is 24.2 Å². The smallest absolute Gasteiger partial charge is 0.344 e. The third-order valence-electron chi connectivity index (χ3n) is 3.42. The van der Waals surface area contributed by atoms with Crippen LogP contribution in [0.4, 0.5) is 0 Å². The van der Waals surface area contributed by atoms with Crippen LogP contribution in [0, 0.1) is 11.3 Å². The zero-order valence-corrected chi connectivity index (χ0v) is 16.2. The van der Waals surface area contributed by atoms with E-state index in [-0.39, 0.29) is 6.61 Å². The van der Waals surface area contributed by atoms with Crippen LogP contribution in [0.1, 0.15) is 12.5 Å². The van der Waals surface area contributed by atoms with Crippen LogP contribution >= 0.6 is 23.1 Å². The van der Waals surface area contributed by atoms with E-state index in [4.69, 9.17) is 9.47 Å². The first-order valence-corrected chi connectivity index (χ1v) is 9.85. The number of carbonyl (C=O) groups is 1. The molecule has 0 aliphatic carbocycles. The summed E-state index contributed by atoms with van der Waals surface area (Å²) in [4.78, 5) is 16.4. The highest BCUT2D eigenvalue weighted by molar-refractivity contribution is 8.05. The maximum Gasteiger partial charge on any atom is 0.344 e. The zero-order valence-electron chi connectivity index (χ0n) is 14.5. The number of nitriles is 1. The van der Waals surface area contributed by atoms with Crippen LogP contribution in [0.5, 0.6) is 5.75 Å². The third-order valence-corrected chi connectivity index (χ3v) is 5.45. The van der Waals surface area contributed by atoms with Gasteiger partial charge in [0.2, 0.25) is 0 Å². The molecule has 3 aromatic rings. The van der Waals surface area contributed by atoms with Gasteiger partial charge in [-0.1, -0.05) is 24.3 Å². The number of hydrogen-bond donors (Lipinski definition) is 0. The first kappa shape index (κ1) is 19.0. The number of rotatable bonds is 7. The molecule has 0 saturated carbocycles. The summed E-state index contributed by atoms with van der Waals surface area (Å²) >= 11 is 2.91. The van der Waals surface area contributed by atoms with E-state index in [1.54, 1.807) is 36.5 Å². The van der Waals surface area contributed by atoms with Crippen molar-refractivity contribution in [3.8, 4) is 11.8 Å². The lowest BCUT2D eigenvalue weighted by Gasteiger charge is -2.05. The Labute approximate surface area is 165 Å². The fraction of sp³-hybridized carbons (Fsp3) is 0.150. The third kappa shape index (κ3) is 5.33. The number of benzene rings is 2. The molecule has 0 saturated heterocycles. The quantitative estimate of drug-likeness (QED) is 0.321. The van der Waals surface area contributed by atoms with E-state index in [9.17, 15) is 10.1 Å². The molecule has 7 heteroatoms. The summed E-state index contributed by atoms with van der Waals surface area (Å²) < 4.78 is 12.1. The van der Waals surface area contributed by atoms with Crippen LogP contribution in [0.3, 0.4) is 0 Å². The first-order chi connectivity index (χ1) is 13.2. The molecule has 0 aliphatic heterocycles. The van der Waals surface area contributed by atoms with E-state index in [1.165, 1.54) is 11.8 Å². The standard InChI is InChI=1S/C20H16N2O3S2/c1-2-24-19(23)13-25-15-9-7-14(8-10-15)11-16(12-21)26-20-22-17-5-3-4-6-18(17)27-20/h3-11H,2,13H2,1H3. The fourth-order valence-corrected chi connectivity index (χ4v) is 4.21. The lowest BCUT2D eigenvalue weighted by molar-refractivity contribution is -0.145. The predicted octanol–water partition coefficient (Wildman–Crippen LogP) is 4.89. The summed E-state index contributed by atoms with van der Waals surface area (Å²) in [6.07, 6.45) is 1.80. The summed E-state index contributed by atoms with van der Waals surface area (Å²) in [5.41, 5.74) is 1.80. The summed E-state index contributed by atoms with van der Waals surface area (Å²) in [6, 6.07) is 17.3. The molecule has 5 nitrogen and oxygen atoms in total. The largest absolute Gasteiger partial charge is 0.482 e. The van der Waals surface area contributed by atoms with Gasteiger partial charge < -0.3 is 9.47 Å². The highest BCUT2D eigenvalue weighted by atomic mass is 32.2. The monoisotopic (exact) mass is 396 g/mol. The number of para-hydroxylation sites is 1. The fourth-order valence-electron chi connectivity index (χ4n) is 2.23. The summed E-state index contributed by atoms with van der Waals surface area (Å²) in [5.74, 6) is 0.165. The number of fused-ring (bicyclic) bond motifs is 1. The van der Waals surface area contributed by atoms with Crippen molar-refractivity contribution in [1.82, 2.24) is 4.98 Å². The molecule has 2 aromatic carbocycles. The van der Waals surface area contributed by atoms with Gasteiger partial charge >= 0.3 is 5.97 Å². The van der Waals surface area contributed by atoms with Gasteiger partial charge in [-0.2, -0.15) is 5.26 Å². The molecule has 0 spiro atoms. The highest BCUT2D eigenvalue weighted by Gasteiger charge is 2.07. The number of allylic oxidation sites excluding steroid dienone is 1. The second-order valence-corrected chi connectivity index (χ2v) is 7.65. The molecule has 0 bridgehead atoms. The second-order valence-electron chi connectivity index (χ2n) is 5.33. The van der Waals surface area contributed by atoms with Gasteiger partial charge in [-0.15, -0.1) is 11.3 Å². The van der Waals surface area contributed by atoms with E-state index in [0.717, 1.165) is 20.1 Å². The molecule has 27 heavy (non-hydrogen) atoms. The molecule has 0 aliphatic rings. The minimum absolute atomic E-state index is 0.125. The molecule has 3 rings (SSSR count). The van der Waals surface area contributed by atoms with Gasteiger partial charge in [0.15, 0.2) is 10.9 Å². The molecular weight excluding hydrogens is 380 g/mol. The number of esters is 1. The maximum atomic E-state index is 11.3. The highest BCUT2D eigenvalue weighted by Crippen LogP contribution is 2.34. The van der Waals surface area contributed by atoms with Gasteiger partial charge in [0, 0.05) is 0 Å². The summed E-state index contributed by atoms with van der Waals surface area (Å²) in [5, 5.41) is 9.44. The van der Waals surface area contributed by atoms with Crippen LogP contribution in [0.25, 0.3) is 16.3 Å². The average Bonchev–Trinajstić information content (AvgIpc) is 3.09. The number of thiazole rings is 1. The van der Waals surface area contributed by atoms with Gasteiger partial charge in [0.05, 0.1) is 21.7 Å². The Kier molecular flexibility index (Phi) is 6.47. The van der Waals surface area contributed by atoms with E-state index in [2.05, 4.69) is 11.1 Å². The van der Waals surface area contributed by atoms with E-state index in [0.29, 0.717) is 17.3 Å². The molecule has 0 unspecified atom stereocenters. The minimum Gasteiger partial charge on any atom is -0.482 e. The van der Waals surface area contributed by atoms with Crippen molar-refractivity contribution in [2.45, 2.75) is 11.3 Å². The van der Waals surface area contributed by atoms with Gasteiger partial charge in [-0.05, 0) is 54.6 Å². The number of aromatic nitrogens is 1. The van der Waals surface area contributed by atoms with E-state index in [1.807, 2.05) is 36.4 Å². The number of carbonyl (C=O) groups excluding carboxylic acids is 1. The Hall–Kier alpha value is -2.82. The number of ether oxygens (including phenoxy) is 2. The Balaban J connectivity index is 1.66. The SMILES string of the molecule is CCOC(=O)COc1ccc(C=C(C#N)Sc2nc3ccccc3s2)cc1. The van der Waals surface area contributed by atoms with Crippen LogP contribution in [-0.2, 0) is 9.53 Å². The lowest BCUT2D eigenvalue weighted by atomic mass is 10.2. The summed E-state index contributed by atoms with van der Waals surface area (Å²) in [7, 11) is 0. The molecule has 1 heterocycles. The molecule has 0 amide bonds. The van der Waals surface area contributed by atoms with Crippen molar-refractivity contribution in [1.29, 1.82) is 5.26 Å². The number of hydrogen-bond acceptors (Lipinski definition) is 7. The molecule has 0 fully saturated rings. The van der Waals surface area contributed by atoms with Crippen LogP contribution < -0.4 is 4.74 Å². The maximum absolute atomic E-state index is 11.3. The summed E-state index contributed by atoms with van der Waals surface area (Å²) in [6.45, 7) is 1.95. The number of nitrogens with zero attached hydrogens (tertiary/aromatic N) is 2. The van der Waals surface area contributed by atoms with Crippen molar-refractivity contribution >= 4 is 45.4 Å². The molecule has 0 atom stereocenters. The lowest BCUT2D eigenvalue weighted by Crippen LogP contribution is -2.14. The Morgan fingerprint density at radius 3 is 2.74 bits per heavy atom.